The lowest BCUT2D eigenvalue weighted by Gasteiger charge is -2.34. The second-order valence-electron chi connectivity index (χ2n) is 9.04. The Labute approximate surface area is 196 Å². The maximum Gasteiger partial charge on any atom is 0.391 e. The van der Waals surface area contributed by atoms with Crippen molar-refractivity contribution in [3.63, 3.8) is 0 Å². The number of amides is 2. The average molecular weight is 475 g/mol. The SMILES string of the molecule is Cc1cc(Nc2ccc(N3CCC(C(F)(F)F)CC3)cc2)ccc1CNC(=O)C1CNC(=O)C1. The highest BCUT2D eigenvalue weighted by molar-refractivity contribution is 5.89. The van der Waals surface area contributed by atoms with Gasteiger partial charge in [0, 0.05) is 49.7 Å². The number of rotatable bonds is 6. The molecule has 0 spiro atoms. The molecule has 2 aliphatic heterocycles. The molecular weight excluding hydrogens is 445 g/mol. The highest BCUT2D eigenvalue weighted by atomic mass is 19.4. The largest absolute Gasteiger partial charge is 0.391 e. The first-order valence-corrected chi connectivity index (χ1v) is 11.5. The topological polar surface area (TPSA) is 73.5 Å². The normalized spacial score (nSPS) is 19.1. The predicted molar refractivity (Wildman–Crippen MR) is 125 cm³/mol. The maximum atomic E-state index is 12.9. The number of benzene rings is 2. The zero-order valence-corrected chi connectivity index (χ0v) is 19.0. The first kappa shape index (κ1) is 23.9. The van der Waals surface area contributed by atoms with E-state index < -0.39 is 12.1 Å². The van der Waals surface area contributed by atoms with Crippen molar-refractivity contribution in [2.75, 3.05) is 29.9 Å². The van der Waals surface area contributed by atoms with E-state index in [1.807, 2.05) is 54.3 Å². The van der Waals surface area contributed by atoms with Gasteiger partial charge in [-0.2, -0.15) is 13.2 Å². The highest BCUT2D eigenvalue weighted by Crippen LogP contribution is 2.35. The summed E-state index contributed by atoms with van der Waals surface area (Å²) in [5, 5.41) is 8.91. The second-order valence-corrected chi connectivity index (χ2v) is 9.04. The lowest BCUT2D eigenvalue weighted by molar-refractivity contribution is -0.179. The van der Waals surface area contributed by atoms with E-state index in [0.29, 0.717) is 26.2 Å². The predicted octanol–water partition coefficient (Wildman–Crippen LogP) is 4.27. The molecule has 2 fully saturated rings. The van der Waals surface area contributed by atoms with Crippen molar-refractivity contribution in [2.24, 2.45) is 11.8 Å². The molecule has 34 heavy (non-hydrogen) atoms. The summed E-state index contributed by atoms with van der Waals surface area (Å²) in [4.78, 5) is 25.5. The number of piperidine rings is 1. The van der Waals surface area contributed by atoms with Crippen LogP contribution in [0.15, 0.2) is 42.5 Å². The quantitative estimate of drug-likeness (QED) is 0.585. The average Bonchev–Trinajstić information content (AvgIpc) is 3.25. The van der Waals surface area contributed by atoms with Crippen LogP contribution in [-0.2, 0) is 16.1 Å². The second kappa shape index (κ2) is 9.95. The molecule has 182 valence electrons. The van der Waals surface area contributed by atoms with Crippen LogP contribution >= 0.6 is 0 Å². The van der Waals surface area contributed by atoms with Crippen LogP contribution in [0.3, 0.4) is 0 Å². The minimum atomic E-state index is -4.10. The monoisotopic (exact) mass is 474 g/mol. The molecule has 0 aliphatic carbocycles. The minimum Gasteiger partial charge on any atom is -0.372 e. The third kappa shape index (κ3) is 5.81. The molecule has 2 aliphatic rings. The van der Waals surface area contributed by atoms with Crippen LogP contribution in [0.1, 0.15) is 30.4 Å². The Morgan fingerprint density at radius 1 is 1.09 bits per heavy atom. The summed E-state index contributed by atoms with van der Waals surface area (Å²) >= 11 is 0. The number of anilines is 3. The number of hydrogen-bond donors (Lipinski definition) is 3. The van der Waals surface area contributed by atoms with Gasteiger partial charge in [0.15, 0.2) is 0 Å². The van der Waals surface area contributed by atoms with Crippen molar-refractivity contribution in [3.05, 3.63) is 53.6 Å². The van der Waals surface area contributed by atoms with E-state index >= 15 is 0 Å². The van der Waals surface area contributed by atoms with Gasteiger partial charge in [-0.1, -0.05) is 6.07 Å². The molecule has 3 N–H and O–H groups in total. The fourth-order valence-electron chi connectivity index (χ4n) is 4.48. The zero-order valence-electron chi connectivity index (χ0n) is 19.0. The smallest absolute Gasteiger partial charge is 0.372 e. The standard InChI is InChI=1S/C25H29F3N4O2/c1-16-12-21(3-2-17(16)14-30-24(34)18-13-23(33)29-15-18)31-20-4-6-22(7-5-20)32-10-8-19(9-11-32)25(26,27)28/h2-7,12,18-19,31H,8-11,13-15H2,1H3,(H,29,33)(H,30,34). The van der Waals surface area contributed by atoms with E-state index in [1.165, 1.54) is 0 Å². The van der Waals surface area contributed by atoms with Gasteiger partial charge in [0.25, 0.3) is 0 Å². The third-order valence-electron chi connectivity index (χ3n) is 6.62. The summed E-state index contributed by atoms with van der Waals surface area (Å²) in [6.07, 6.45) is -3.61. The van der Waals surface area contributed by atoms with Gasteiger partial charge in [-0.05, 0) is 67.3 Å². The van der Waals surface area contributed by atoms with Gasteiger partial charge < -0.3 is 20.9 Å². The molecule has 9 heteroatoms. The van der Waals surface area contributed by atoms with Crippen molar-refractivity contribution in [1.29, 1.82) is 0 Å². The molecule has 6 nitrogen and oxygen atoms in total. The Morgan fingerprint density at radius 2 is 1.76 bits per heavy atom. The van der Waals surface area contributed by atoms with Gasteiger partial charge in [0.1, 0.15) is 0 Å². The number of carbonyl (C=O) groups is 2. The first-order chi connectivity index (χ1) is 16.2. The molecule has 0 aromatic heterocycles. The Bertz CT molecular complexity index is 1030. The lowest BCUT2D eigenvalue weighted by atomic mass is 9.96. The summed E-state index contributed by atoms with van der Waals surface area (Å²) in [5.74, 6) is -1.73. The molecule has 2 heterocycles. The van der Waals surface area contributed by atoms with Crippen LogP contribution in [0, 0.1) is 18.8 Å². The van der Waals surface area contributed by atoms with Crippen molar-refractivity contribution < 1.29 is 22.8 Å². The summed E-state index contributed by atoms with van der Waals surface area (Å²) < 4.78 is 38.6. The number of hydrogen-bond acceptors (Lipinski definition) is 4. The number of alkyl halides is 3. The first-order valence-electron chi connectivity index (χ1n) is 11.5. The van der Waals surface area contributed by atoms with Crippen molar-refractivity contribution in [1.82, 2.24) is 10.6 Å². The van der Waals surface area contributed by atoms with E-state index in [2.05, 4.69) is 16.0 Å². The van der Waals surface area contributed by atoms with Crippen LogP contribution in [0.5, 0.6) is 0 Å². The molecule has 0 radical (unpaired) electrons. The minimum absolute atomic E-state index is 0.0918. The number of halogens is 3. The summed E-state index contributed by atoms with van der Waals surface area (Å²) in [6, 6.07) is 13.6. The van der Waals surface area contributed by atoms with Crippen LogP contribution in [0.4, 0.5) is 30.2 Å². The molecule has 2 amide bonds. The number of nitrogens with one attached hydrogen (secondary N) is 3. The van der Waals surface area contributed by atoms with Crippen LogP contribution in [-0.4, -0.2) is 37.6 Å². The molecule has 0 bridgehead atoms. The number of nitrogens with zero attached hydrogens (tertiary/aromatic N) is 1. The van der Waals surface area contributed by atoms with E-state index in [1.54, 1.807) is 0 Å². The maximum absolute atomic E-state index is 12.9. The van der Waals surface area contributed by atoms with Crippen molar-refractivity contribution >= 4 is 28.9 Å². The van der Waals surface area contributed by atoms with E-state index in [0.717, 1.165) is 28.2 Å². The Kier molecular flexibility index (Phi) is 7.00. The van der Waals surface area contributed by atoms with E-state index in [-0.39, 0.29) is 37.0 Å². The molecule has 1 unspecified atom stereocenters. The Morgan fingerprint density at radius 3 is 2.35 bits per heavy atom. The fourth-order valence-corrected chi connectivity index (χ4v) is 4.48. The molecule has 0 saturated carbocycles. The molecule has 2 aromatic rings. The lowest BCUT2D eigenvalue weighted by Crippen LogP contribution is -2.38. The zero-order chi connectivity index (χ0) is 24.3. The van der Waals surface area contributed by atoms with Crippen molar-refractivity contribution in [2.45, 2.75) is 38.9 Å². The van der Waals surface area contributed by atoms with Gasteiger partial charge in [0.2, 0.25) is 11.8 Å². The number of carbonyl (C=O) groups excluding carboxylic acids is 2. The van der Waals surface area contributed by atoms with Gasteiger partial charge >= 0.3 is 6.18 Å². The third-order valence-corrected chi connectivity index (χ3v) is 6.62. The molecule has 2 aromatic carbocycles. The number of aryl methyl sites for hydroxylation is 1. The fraction of sp³-hybridized carbons (Fsp3) is 0.440. The summed E-state index contributed by atoms with van der Waals surface area (Å²) in [7, 11) is 0. The Balaban J connectivity index is 1.29. The van der Waals surface area contributed by atoms with Gasteiger partial charge in [-0.3, -0.25) is 9.59 Å². The Hall–Kier alpha value is -3.23. The van der Waals surface area contributed by atoms with Gasteiger partial charge in [0.05, 0.1) is 11.8 Å². The molecule has 2 saturated heterocycles. The van der Waals surface area contributed by atoms with Gasteiger partial charge in [-0.15, -0.1) is 0 Å². The van der Waals surface area contributed by atoms with Crippen LogP contribution in [0.25, 0.3) is 0 Å². The molecule has 1 atom stereocenters. The van der Waals surface area contributed by atoms with Crippen molar-refractivity contribution in [3.8, 4) is 0 Å². The van der Waals surface area contributed by atoms with Crippen LogP contribution in [0.2, 0.25) is 0 Å². The molecule has 4 rings (SSSR count). The van der Waals surface area contributed by atoms with Crippen LogP contribution < -0.4 is 20.9 Å². The van der Waals surface area contributed by atoms with E-state index in [4.69, 9.17) is 0 Å². The molecular formula is C25H29F3N4O2. The van der Waals surface area contributed by atoms with Gasteiger partial charge in [-0.25, -0.2) is 0 Å². The van der Waals surface area contributed by atoms with E-state index in [9.17, 15) is 22.8 Å². The summed E-state index contributed by atoms with van der Waals surface area (Å²) in [5.41, 5.74) is 4.72. The highest BCUT2D eigenvalue weighted by Gasteiger charge is 2.41. The summed E-state index contributed by atoms with van der Waals surface area (Å²) in [6.45, 7) is 3.57.